The van der Waals surface area contributed by atoms with E-state index in [-0.39, 0.29) is 6.10 Å². The maximum atomic E-state index is 6.00. The number of rotatable bonds is 11. The van der Waals surface area contributed by atoms with Gasteiger partial charge in [0.2, 0.25) is 0 Å². The maximum Gasteiger partial charge on any atom is 0.191 e. The van der Waals surface area contributed by atoms with Gasteiger partial charge in [-0.3, -0.25) is 4.90 Å². The Labute approximate surface area is 192 Å². The van der Waals surface area contributed by atoms with E-state index in [1.54, 1.807) is 0 Å². The van der Waals surface area contributed by atoms with Crippen LogP contribution in [-0.2, 0) is 18.3 Å². The number of ether oxygens (including phenoxy) is 1. The first-order valence-corrected chi connectivity index (χ1v) is 11.9. The average Bonchev–Trinajstić information content (AvgIpc) is 3.41. The molecular formula is C24H39N7O. The van der Waals surface area contributed by atoms with Gasteiger partial charge in [-0.1, -0.05) is 37.3 Å². The third kappa shape index (κ3) is 7.03. The molecule has 176 valence electrons. The van der Waals surface area contributed by atoms with E-state index in [1.165, 1.54) is 24.9 Å². The Morgan fingerprint density at radius 3 is 2.78 bits per heavy atom. The van der Waals surface area contributed by atoms with Crippen LogP contribution < -0.4 is 10.6 Å². The van der Waals surface area contributed by atoms with Crippen molar-refractivity contribution < 1.29 is 4.74 Å². The van der Waals surface area contributed by atoms with E-state index in [0.717, 1.165) is 43.7 Å². The second kappa shape index (κ2) is 12.6. The minimum absolute atomic E-state index is 0.101. The molecule has 0 amide bonds. The number of nitrogens with one attached hydrogen (secondary N) is 2. The third-order valence-electron chi connectivity index (χ3n) is 6.22. The molecule has 1 aliphatic rings. The summed E-state index contributed by atoms with van der Waals surface area (Å²) in [6, 6.07) is 10.9. The summed E-state index contributed by atoms with van der Waals surface area (Å²) in [5, 5.41) is 15.4. The number of guanidine groups is 1. The molecule has 0 radical (unpaired) electrons. The van der Waals surface area contributed by atoms with Gasteiger partial charge in [0.15, 0.2) is 11.8 Å². The van der Waals surface area contributed by atoms with Crippen LogP contribution in [0.3, 0.4) is 0 Å². The molecule has 1 aromatic heterocycles. The van der Waals surface area contributed by atoms with Crippen LogP contribution in [0, 0.1) is 6.92 Å². The van der Waals surface area contributed by atoms with Crippen molar-refractivity contribution in [2.45, 2.75) is 58.7 Å². The lowest BCUT2D eigenvalue weighted by Crippen LogP contribution is -2.45. The fraction of sp³-hybridized carbons (Fsp3) is 0.625. The summed E-state index contributed by atoms with van der Waals surface area (Å²) >= 11 is 0. The van der Waals surface area contributed by atoms with Crippen LogP contribution >= 0.6 is 0 Å². The van der Waals surface area contributed by atoms with Gasteiger partial charge < -0.3 is 19.9 Å². The zero-order valence-corrected chi connectivity index (χ0v) is 20.0. The van der Waals surface area contributed by atoms with Crippen LogP contribution in [-0.4, -0.2) is 64.5 Å². The number of nitrogens with zero attached hydrogens (tertiary/aromatic N) is 5. The lowest BCUT2D eigenvalue weighted by Gasteiger charge is -2.24. The molecule has 1 aliphatic heterocycles. The van der Waals surface area contributed by atoms with Gasteiger partial charge in [-0.05, 0) is 51.8 Å². The van der Waals surface area contributed by atoms with Gasteiger partial charge in [-0.15, -0.1) is 10.2 Å². The number of hydrogen-bond donors (Lipinski definition) is 2. The number of aromatic nitrogens is 3. The fourth-order valence-electron chi connectivity index (χ4n) is 4.03. The van der Waals surface area contributed by atoms with E-state index in [1.807, 2.05) is 36.7 Å². The predicted octanol–water partition coefficient (Wildman–Crippen LogP) is 2.81. The lowest BCUT2D eigenvalue weighted by atomic mass is 10.1. The van der Waals surface area contributed by atoms with Gasteiger partial charge in [-0.25, -0.2) is 4.99 Å². The van der Waals surface area contributed by atoms with E-state index in [2.05, 4.69) is 51.7 Å². The first-order valence-electron chi connectivity index (χ1n) is 11.9. The highest BCUT2D eigenvalue weighted by atomic mass is 16.5. The van der Waals surface area contributed by atoms with Crippen LogP contribution in [0.4, 0.5) is 0 Å². The van der Waals surface area contributed by atoms with Crippen molar-refractivity contribution in [1.82, 2.24) is 30.3 Å². The average molecular weight is 442 g/mol. The summed E-state index contributed by atoms with van der Waals surface area (Å²) in [4.78, 5) is 7.31. The van der Waals surface area contributed by atoms with Crippen molar-refractivity contribution in [1.29, 1.82) is 0 Å². The molecule has 1 fully saturated rings. The van der Waals surface area contributed by atoms with Gasteiger partial charge in [0.25, 0.3) is 0 Å². The first-order chi connectivity index (χ1) is 15.6. The molecule has 8 heteroatoms. The van der Waals surface area contributed by atoms with E-state index >= 15 is 0 Å². The van der Waals surface area contributed by atoms with Gasteiger partial charge >= 0.3 is 0 Å². The first kappa shape index (κ1) is 24.2. The Kier molecular flexibility index (Phi) is 9.49. The fourth-order valence-corrected chi connectivity index (χ4v) is 4.03. The molecule has 1 aromatic carbocycles. The predicted molar refractivity (Wildman–Crippen MR) is 129 cm³/mol. The standard InChI is InChI=1S/C24H39N7O/c1-5-31-15-9-13-22(31)17-26-24(27-18-23-29-28-20(3)30(23)4)25-14-10-16-32-19(2)21-11-7-6-8-12-21/h6-8,11-12,19,22H,5,9-10,13-18H2,1-4H3,(H2,25,26,27). The second-order valence-corrected chi connectivity index (χ2v) is 8.40. The van der Waals surface area contributed by atoms with E-state index in [9.17, 15) is 0 Å². The quantitative estimate of drug-likeness (QED) is 0.317. The van der Waals surface area contributed by atoms with Crippen LogP contribution in [0.5, 0.6) is 0 Å². The van der Waals surface area contributed by atoms with Gasteiger partial charge in [0.1, 0.15) is 12.4 Å². The summed E-state index contributed by atoms with van der Waals surface area (Å²) in [7, 11) is 1.98. The molecular weight excluding hydrogens is 402 g/mol. The molecule has 2 aromatic rings. The second-order valence-electron chi connectivity index (χ2n) is 8.40. The van der Waals surface area contributed by atoms with Crippen LogP contribution in [0.1, 0.15) is 56.4 Å². The minimum Gasteiger partial charge on any atom is -0.374 e. The molecule has 3 rings (SSSR count). The van der Waals surface area contributed by atoms with Gasteiger partial charge in [-0.2, -0.15) is 0 Å². The van der Waals surface area contributed by atoms with Crippen molar-refractivity contribution in [3.63, 3.8) is 0 Å². The van der Waals surface area contributed by atoms with Crippen molar-refractivity contribution in [3.8, 4) is 0 Å². The Morgan fingerprint density at radius 2 is 2.06 bits per heavy atom. The minimum atomic E-state index is 0.101. The SMILES string of the molecule is CCN1CCCC1CNC(=NCc1nnc(C)n1C)NCCCOC(C)c1ccccc1. The summed E-state index contributed by atoms with van der Waals surface area (Å²) in [6.07, 6.45) is 3.52. The summed E-state index contributed by atoms with van der Waals surface area (Å²) in [6.45, 7) is 11.5. The molecule has 2 atom stereocenters. The molecule has 8 nitrogen and oxygen atoms in total. The normalized spacial score (nSPS) is 18.1. The summed E-state index contributed by atoms with van der Waals surface area (Å²) in [5.74, 6) is 2.58. The lowest BCUT2D eigenvalue weighted by molar-refractivity contribution is 0.0646. The monoisotopic (exact) mass is 441 g/mol. The number of likely N-dealkylation sites (N-methyl/N-ethyl adjacent to an activating group) is 1. The largest absolute Gasteiger partial charge is 0.374 e. The van der Waals surface area contributed by atoms with Crippen molar-refractivity contribution in [2.75, 3.05) is 32.8 Å². The molecule has 2 N–H and O–H groups in total. The summed E-state index contributed by atoms with van der Waals surface area (Å²) < 4.78 is 7.98. The van der Waals surface area contributed by atoms with E-state index in [0.29, 0.717) is 19.2 Å². The number of aliphatic imine (C=N–C) groups is 1. The van der Waals surface area contributed by atoms with Crippen LogP contribution in [0.15, 0.2) is 35.3 Å². The van der Waals surface area contributed by atoms with E-state index < -0.39 is 0 Å². The van der Waals surface area contributed by atoms with Crippen LogP contribution in [0.2, 0.25) is 0 Å². The van der Waals surface area contributed by atoms with Gasteiger partial charge in [0.05, 0.1) is 6.10 Å². The van der Waals surface area contributed by atoms with Crippen molar-refractivity contribution in [2.24, 2.45) is 12.0 Å². The van der Waals surface area contributed by atoms with Crippen molar-refractivity contribution in [3.05, 3.63) is 47.5 Å². The molecule has 0 saturated carbocycles. The highest BCUT2D eigenvalue weighted by Crippen LogP contribution is 2.16. The molecule has 0 aliphatic carbocycles. The summed E-state index contributed by atoms with van der Waals surface area (Å²) in [5.41, 5.74) is 1.21. The molecule has 0 spiro atoms. The molecule has 2 unspecified atom stereocenters. The molecule has 32 heavy (non-hydrogen) atoms. The zero-order valence-electron chi connectivity index (χ0n) is 20.0. The molecule has 1 saturated heterocycles. The van der Waals surface area contributed by atoms with E-state index in [4.69, 9.17) is 9.73 Å². The third-order valence-corrected chi connectivity index (χ3v) is 6.22. The van der Waals surface area contributed by atoms with Crippen LogP contribution in [0.25, 0.3) is 0 Å². The Balaban J connectivity index is 1.48. The maximum absolute atomic E-state index is 6.00. The number of aryl methyl sites for hydroxylation is 1. The molecule has 0 bridgehead atoms. The Hall–Kier alpha value is -2.45. The zero-order chi connectivity index (χ0) is 22.8. The number of likely N-dealkylation sites (tertiary alicyclic amines) is 1. The Bertz CT molecular complexity index is 836. The number of benzene rings is 1. The van der Waals surface area contributed by atoms with Crippen molar-refractivity contribution >= 4 is 5.96 Å². The highest BCUT2D eigenvalue weighted by Gasteiger charge is 2.22. The topological polar surface area (TPSA) is 79.6 Å². The smallest absolute Gasteiger partial charge is 0.191 e. The number of hydrogen-bond acceptors (Lipinski definition) is 5. The highest BCUT2D eigenvalue weighted by molar-refractivity contribution is 5.79. The Morgan fingerprint density at radius 1 is 1.25 bits per heavy atom. The molecule has 2 heterocycles. The van der Waals surface area contributed by atoms with Gasteiger partial charge in [0, 0.05) is 32.8 Å².